The molecule has 0 aromatic carbocycles. The Morgan fingerprint density at radius 2 is 2.32 bits per heavy atom. The van der Waals surface area contributed by atoms with E-state index in [2.05, 4.69) is 23.4 Å². The van der Waals surface area contributed by atoms with Gasteiger partial charge in [0.05, 0.1) is 17.0 Å². The molecule has 1 aromatic heterocycles. The highest BCUT2D eigenvalue weighted by Crippen LogP contribution is 2.13. The summed E-state index contributed by atoms with van der Waals surface area (Å²) in [7, 11) is 0. The first-order valence-electron chi connectivity index (χ1n) is 6.32. The monoisotopic (exact) mass is 296 g/mol. The van der Waals surface area contributed by atoms with E-state index in [9.17, 15) is 4.79 Å². The molecule has 104 valence electrons. The number of carbonyl (C=O) groups excluding carboxylic acids is 1. The number of thiophene rings is 1. The second-order valence-corrected chi connectivity index (χ2v) is 5.91. The first kappa shape index (κ1) is 16.1. The quantitative estimate of drug-likeness (QED) is 0.600. The van der Waals surface area contributed by atoms with Gasteiger partial charge in [0.15, 0.2) is 0 Å². The molecule has 0 fully saturated rings. The van der Waals surface area contributed by atoms with Crippen molar-refractivity contribution in [3.8, 4) is 11.8 Å². The van der Waals surface area contributed by atoms with Crippen LogP contribution < -0.4 is 11.1 Å². The third kappa shape index (κ3) is 6.67. The van der Waals surface area contributed by atoms with Crippen molar-refractivity contribution < 1.29 is 4.79 Å². The Morgan fingerprint density at radius 1 is 1.47 bits per heavy atom. The zero-order chi connectivity index (χ0) is 13.9. The molecule has 1 aromatic rings. The Kier molecular flexibility index (Phi) is 8.39. The maximum atomic E-state index is 11.8. The van der Waals surface area contributed by atoms with Crippen LogP contribution in [0.3, 0.4) is 0 Å². The second-order valence-electron chi connectivity index (χ2n) is 4.01. The van der Waals surface area contributed by atoms with E-state index in [-0.39, 0.29) is 5.91 Å². The second kappa shape index (κ2) is 9.90. The normalized spacial score (nSPS) is 9.79. The first-order chi connectivity index (χ1) is 9.27. The molecule has 0 spiro atoms. The third-order valence-corrected chi connectivity index (χ3v) is 4.03. The highest BCUT2D eigenvalue weighted by molar-refractivity contribution is 7.98. The first-order valence-corrected chi connectivity index (χ1v) is 8.60. The van der Waals surface area contributed by atoms with Crippen molar-refractivity contribution in [1.29, 1.82) is 0 Å². The lowest BCUT2D eigenvalue weighted by Gasteiger charge is -2.03. The molecule has 0 aliphatic rings. The molecule has 3 nitrogen and oxygen atoms in total. The van der Waals surface area contributed by atoms with Crippen LogP contribution in [0.25, 0.3) is 0 Å². The lowest BCUT2D eigenvalue weighted by molar-refractivity contribution is 0.0953. The molecule has 0 radical (unpaired) electrons. The number of hydrogen-bond donors (Lipinski definition) is 2. The van der Waals surface area contributed by atoms with E-state index < -0.39 is 0 Å². The van der Waals surface area contributed by atoms with Gasteiger partial charge in [-0.2, -0.15) is 11.8 Å². The minimum absolute atomic E-state index is 0.0121. The van der Waals surface area contributed by atoms with E-state index >= 15 is 0 Å². The Hall–Kier alpha value is -0.960. The fraction of sp³-hybridized carbons (Fsp3) is 0.500. The van der Waals surface area contributed by atoms with E-state index in [1.807, 2.05) is 23.2 Å². The molecule has 1 heterocycles. The summed E-state index contributed by atoms with van der Waals surface area (Å²) in [6.45, 7) is 1.09. The molecule has 1 rings (SSSR count). The van der Waals surface area contributed by atoms with Crippen molar-refractivity contribution >= 4 is 29.0 Å². The highest BCUT2D eigenvalue weighted by Gasteiger charge is 2.06. The van der Waals surface area contributed by atoms with Crippen molar-refractivity contribution in [2.24, 2.45) is 5.73 Å². The maximum Gasteiger partial charge on any atom is 0.252 e. The molecule has 0 bridgehead atoms. The van der Waals surface area contributed by atoms with E-state index in [1.54, 1.807) is 0 Å². The van der Waals surface area contributed by atoms with E-state index in [1.165, 1.54) is 23.5 Å². The molecule has 3 N–H and O–H groups in total. The van der Waals surface area contributed by atoms with Gasteiger partial charge in [-0.1, -0.05) is 18.3 Å². The number of unbranched alkanes of at least 4 members (excludes halogenated alkanes) is 2. The van der Waals surface area contributed by atoms with Gasteiger partial charge in [0.2, 0.25) is 0 Å². The van der Waals surface area contributed by atoms with Crippen LogP contribution >= 0.6 is 23.1 Å². The Morgan fingerprint density at radius 3 is 3.05 bits per heavy atom. The van der Waals surface area contributed by atoms with Crippen molar-refractivity contribution in [3.63, 3.8) is 0 Å². The predicted octanol–water partition coefficient (Wildman–Crippen LogP) is 2.32. The smallest absolute Gasteiger partial charge is 0.252 e. The standard InChI is InChI=1S/C14H20N2OS2/c1-18-9-4-2-3-8-16-14(17)12-10-13(19-11-12)6-5-7-15/h10-11H,2-4,7-9,15H2,1H3,(H,16,17). The predicted molar refractivity (Wildman–Crippen MR) is 84.8 cm³/mol. The largest absolute Gasteiger partial charge is 0.352 e. The summed E-state index contributed by atoms with van der Waals surface area (Å²) in [5.74, 6) is 6.90. The minimum atomic E-state index is -0.0121. The minimum Gasteiger partial charge on any atom is -0.352 e. The number of nitrogens with one attached hydrogen (secondary N) is 1. The van der Waals surface area contributed by atoms with E-state index in [4.69, 9.17) is 5.73 Å². The Balaban J connectivity index is 2.27. The van der Waals surface area contributed by atoms with Gasteiger partial charge in [0.1, 0.15) is 0 Å². The van der Waals surface area contributed by atoms with Crippen LogP contribution in [0.5, 0.6) is 0 Å². The van der Waals surface area contributed by atoms with Crippen LogP contribution in [0.1, 0.15) is 34.5 Å². The van der Waals surface area contributed by atoms with Crippen LogP contribution in [0.15, 0.2) is 11.4 Å². The Labute approximate surface area is 123 Å². The number of nitrogens with two attached hydrogens (primary N) is 1. The number of thioether (sulfide) groups is 1. The number of carbonyl (C=O) groups is 1. The summed E-state index contributed by atoms with van der Waals surface area (Å²) in [6.07, 6.45) is 5.53. The van der Waals surface area contributed by atoms with Gasteiger partial charge in [0.25, 0.3) is 5.91 Å². The fourth-order valence-electron chi connectivity index (χ4n) is 1.51. The summed E-state index contributed by atoms with van der Waals surface area (Å²) in [4.78, 5) is 12.7. The summed E-state index contributed by atoms with van der Waals surface area (Å²) >= 11 is 3.34. The summed E-state index contributed by atoms with van der Waals surface area (Å²) < 4.78 is 0. The molecular formula is C14H20N2OS2. The molecule has 5 heteroatoms. The molecule has 1 amide bonds. The van der Waals surface area contributed by atoms with Crippen LogP contribution in [-0.2, 0) is 0 Å². The van der Waals surface area contributed by atoms with Crippen molar-refractivity contribution in [2.75, 3.05) is 25.1 Å². The van der Waals surface area contributed by atoms with Crippen molar-refractivity contribution in [2.45, 2.75) is 19.3 Å². The average molecular weight is 296 g/mol. The Bertz CT molecular complexity index is 446. The van der Waals surface area contributed by atoms with Gasteiger partial charge in [0, 0.05) is 11.9 Å². The molecule has 0 saturated heterocycles. The fourth-order valence-corrected chi connectivity index (χ4v) is 2.76. The molecular weight excluding hydrogens is 276 g/mol. The van der Waals surface area contributed by atoms with E-state index in [0.29, 0.717) is 12.1 Å². The number of rotatable bonds is 7. The molecule has 0 atom stereocenters. The van der Waals surface area contributed by atoms with Crippen LogP contribution in [-0.4, -0.2) is 31.0 Å². The zero-order valence-electron chi connectivity index (χ0n) is 11.2. The summed E-state index contributed by atoms with van der Waals surface area (Å²) in [6, 6.07) is 1.82. The van der Waals surface area contributed by atoms with Gasteiger partial charge < -0.3 is 11.1 Å². The van der Waals surface area contributed by atoms with Crippen LogP contribution in [0, 0.1) is 11.8 Å². The molecule has 19 heavy (non-hydrogen) atoms. The lowest BCUT2D eigenvalue weighted by atomic mass is 10.2. The maximum absolute atomic E-state index is 11.8. The lowest BCUT2D eigenvalue weighted by Crippen LogP contribution is -2.23. The van der Waals surface area contributed by atoms with Gasteiger partial charge in [-0.15, -0.1) is 11.3 Å². The zero-order valence-corrected chi connectivity index (χ0v) is 12.8. The van der Waals surface area contributed by atoms with Crippen molar-refractivity contribution in [3.05, 3.63) is 21.9 Å². The highest BCUT2D eigenvalue weighted by atomic mass is 32.2. The average Bonchev–Trinajstić information content (AvgIpc) is 2.89. The SMILES string of the molecule is CSCCCCCNC(=O)c1csc(C#CCN)c1. The van der Waals surface area contributed by atoms with Crippen molar-refractivity contribution in [1.82, 2.24) is 5.32 Å². The summed E-state index contributed by atoms with van der Waals surface area (Å²) in [5, 5.41) is 4.77. The number of amides is 1. The van der Waals surface area contributed by atoms with Crippen LogP contribution in [0.4, 0.5) is 0 Å². The molecule has 0 aliphatic heterocycles. The molecule has 0 aliphatic carbocycles. The van der Waals surface area contributed by atoms with Gasteiger partial charge in [-0.3, -0.25) is 4.79 Å². The topological polar surface area (TPSA) is 55.1 Å². The van der Waals surface area contributed by atoms with Gasteiger partial charge in [-0.25, -0.2) is 0 Å². The van der Waals surface area contributed by atoms with E-state index in [0.717, 1.165) is 24.3 Å². The third-order valence-electron chi connectivity index (χ3n) is 2.49. The molecule has 0 unspecified atom stereocenters. The van der Waals surface area contributed by atoms with Gasteiger partial charge in [-0.05, 0) is 30.9 Å². The van der Waals surface area contributed by atoms with Crippen LogP contribution in [0.2, 0.25) is 0 Å². The molecule has 0 saturated carbocycles. The summed E-state index contributed by atoms with van der Waals surface area (Å²) in [5.41, 5.74) is 6.00. The number of hydrogen-bond acceptors (Lipinski definition) is 4. The van der Waals surface area contributed by atoms with Gasteiger partial charge >= 0.3 is 0 Å².